The third-order valence-corrected chi connectivity index (χ3v) is 4.32. The fourth-order valence-corrected chi connectivity index (χ4v) is 2.81. The van der Waals surface area contributed by atoms with Crippen LogP contribution >= 0.6 is 15.9 Å². The van der Waals surface area contributed by atoms with Crippen LogP contribution in [0.15, 0.2) is 22.7 Å². The molecule has 0 aliphatic carbocycles. The van der Waals surface area contributed by atoms with Gasteiger partial charge in [0.1, 0.15) is 0 Å². The first kappa shape index (κ1) is 17.6. The molecule has 7 heteroatoms. The summed E-state index contributed by atoms with van der Waals surface area (Å²) in [6, 6.07) is 5.05. The fraction of sp³-hybridized carbons (Fsp3) is 0.438. The Balaban J connectivity index is 1.89. The molecular formula is C16H20BrN3O3. The Morgan fingerprint density at radius 1 is 1.26 bits per heavy atom. The maximum atomic E-state index is 12.3. The van der Waals surface area contributed by atoms with E-state index in [0.717, 1.165) is 11.0 Å². The minimum Gasteiger partial charge on any atom is -0.344 e. The zero-order valence-electron chi connectivity index (χ0n) is 13.3. The van der Waals surface area contributed by atoms with E-state index in [1.54, 1.807) is 30.1 Å². The maximum absolute atomic E-state index is 12.3. The van der Waals surface area contributed by atoms with Crippen molar-refractivity contribution in [1.82, 2.24) is 15.1 Å². The van der Waals surface area contributed by atoms with Crippen LogP contribution in [0.5, 0.6) is 0 Å². The number of benzene rings is 1. The highest BCUT2D eigenvalue weighted by Crippen LogP contribution is 2.26. The Bertz CT molecular complexity index is 633. The van der Waals surface area contributed by atoms with Gasteiger partial charge in [-0.1, -0.05) is 15.9 Å². The number of rotatable bonds is 7. The lowest BCUT2D eigenvalue weighted by Crippen LogP contribution is -2.34. The number of likely N-dealkylation sites (N-methyl/N-ethyl adjacent to an activating group) is 2. The van der Waals surface area contributed by atoms with Gasteiger partial charge in [0, 0.05) is 37.6 Å². The van der Waals surface area contributed by atoms with Gasteiger partial charge in [-0.25, -0.2) is 0 Å². The van der Waals surface area contributed by atoms with E-state index >= 15 is 0 Å². The smallest absolute Gasteiger partial charge is 0.261 e. The van der Waals surface area contributed by atoms with Crippen LogP contribution in [-0.4, -0.2) is 61.3 Å². The molecule has 124 valence electrons. The second-order valence-corrected chi connectivity index (χ2v) is 6.39. The van der Waals surface area contributed by atoms with Crippen molar-refractivity contribution < 1.29 is 14.4 Å². The molecular weight excluding hydrogens is 362 g/mol. The zero-order chi connectivity index (χ0) is 17.0. The number of carbonyl (C=O) groups excluding carboxylic acids is 3. The summed E-state index contributed by atoms with van der Waals surface area (Å²) in [6.45, 7) is 1.63. The summed E-state index contributed by atoms with van der Waals surface area (Å²) < 4.78 is 0.764. The maximum Gasteiger partial charge on any atom is 0.261 e. The van der Waals surface area contributed by atoms with Gasteiger partial charge < -0.3 is 10.2 Å². The van der Waals surface area contributed by atoms with Gasteiger partial charge in [0.2, 0.25) is 5.91 Å². The van der Waals surface area contributed by atoms with Crippen LogP contribution in [0, 0.1) is 0 Å². The lowest BCUT2D eigenvalue weighted by atomic mass is 10.1. The zero-order valence-corrected chi connectivity index (χ0v) is 14.9. The third-order valence-electron chi connectivity index (χ3n) is 3.83. The molecule has 0 atom stereocenters. The molecule has 1 aliphatic heterocycles. The molecule has 23 heavy (non-hydrogen) atoms. The van der Waals surface area contributed by atoms with Gasteiger partial charge in [-0.05, 0) is 31.7 Å². The number of hydrogen-bond acceptors (Lipinski definition) is 4. The first-order valence-electron chi connectivity index (χ1n) is 7.50. The molecule has 1 aromatic carbocycles. The molecule has 0 saturated carbocycles. The van der Waals surface area contributed by atoms with Gasteiger partial charge in [-0.2, -0.15) is 0 Å². The standard InChI is InChI=1S/C16H20BrN3O3/c1-18-7-9-19(2)14(21)4-3-8-20-15(22)12-6-5-11(17)10-13(12)16(20)23/h5-6,10,18H,3-4,7-9H2,1-2H3. The van der Waals surface area contributed by atoms with E-state index in [1.165, 1.54) is 4.90 Å². The number of imide groups is 1. The van der Waals surface area contributed by atoms with Crippen molar-refractivity contribution in [3.8, 4) is 0 Å². The van der Waals surface area contributed by atoms with Crippen LogP contribution in [0.3, 0.4) is 0 Å². The van der Waals surface area contributed by atoms with Gasteiger partial charge in [0.25, 0.3) is 11.8 Å². The quantitative estimate of drug-likeness (QED) is 0.726. The highest BCUT2D eigenvalue weighted by Gasteiger charge is 2.35. The van der Waals surface area contributed by atoms with Crippen LogP contribution in [0.25, 0.3) is 0 Å². The molecule has 3 amide bonds. The first-order chi connectivity index (χ1) is 11.0. The van der Waals surface area contributed by atoms with E-state index < -0.39 is 0 Å². The summed E-state index contributed by atoms with van der Waals surface area (Å²) in [5, 5.41) is 2.99. The summed E-state index contributed by atoms with van der Waals surface area (Å²) >= 11 is 3.30. The topological polar surface area (TPSA) is 69.7 Å². The van der Waals surface area contributed by atoms with Gasteiger partial charge in [-0.3, -0.25) is 19.3 Å². The summed E-state index contributed by atoms with van der Waals surface area (Å²) in [7, 11) is 3.58. The monoisotopic (exact) mass is 381 g/mol. The van der Waals surface area contributed by atoms with Crippen molar-refractivity contribution in [3.05, 3.63) is 33.8 Å². The van der Waals surface area contributed by atoms with E-state index in [9.17, 15) is 14.4 Å². The number of nitrogens with one attached hydrogen (secondary N) is 1. The van der Waals surface area contributed by atoms with E-state index in [-0.39, 0.29) is 24.3 Å². The van der Waals surface area contributed by atoms with Crippen molar-refractivity contribution in [2.45, 2.75) is 12.8 Å². The van der Waals surface area contributed by atoms with Crippen molar-refractivity contribution in [3.63, 3.8) is 0 Å². The lowest BCUT2D eigenvalue weighted by Gasteiger charge is -2.18. The summed E-state index contributed by atoms with van der Waals surface area (Å²) in [6.07, 6.45) is 0.784. The molecule has 1 aromatic rings. The number of hydrogen-bond donors (Lipinski definition) is 1. The molecule has 0 saturated heterocycles. The molecule has 1 aliphatic rings. The first-order valence-corrected chi connectivity index (χ1v) is 8.29. The second kappa shape index (κ2) is 7.70. The average Bonchev–Trinajstić information content (AvgIpc) is 2.76. The van der Waals surface area contributed by atoms with Gasteiger partial charge in [0.15, 0.2) is 0 Å². The average molecular weight is 382 g/mol. The van der Waals surface area contributed by atoms with Gasteiger partial charge in [0.05, 0.1) is 11.1 Å². The molecule has 6 nitrogen and oxygen atoms in total. The van der Waals surface area contributed by atoms with E-state index in [0.29, 0.717) is 30.5 Å². The summed E-state index contributed by atoms with van der Waals surface area (Å²) in [5.74, 6) is -0.560. The number of nitrogens with zero attached hydrogens (tertiary/aromatic N) is 2. The van der Waals surface area contributed by atoms with Gasteiger partial charge in [-0.15, -0.1) is 0 Å². The fourth-order valence-electron chi connectivity index (χ4n) is 2.45. The highest BCUT2D eigenvalue weighted by molar-refractivity contribution is 9.10. The Kier molecular flexibility index (Phi) is 5.90. The van der Waals surface area contributed by atoms with Crippen molar-refractivity contribution in [2.75, 3.05) is 33.7 Å². The van der Waals surface area contributed by atoms with Crippen LogP contribution in [-0.2, 0) is 4.79 Å². The Hall–Kier alpha value is -1.73. The Morgan fingerprint density at radius 3 is 2.65 bits per heavy atom. The molecule has 0 fully saturated rings. The summed E-state index contributed by atoms with van der Waals surface area (Å²) in [5.41, 5.74) is 0.845. The van der Waals surface area contributed by atoms with E-state index in [1.807, 2.05) is 7.05 Å². The van der Waals surface area contributed by atoms with Gasteiger partial charge >= 0.3 is 0 Å². The normalized spacial score (nSPS) is 13.4. The van der Waals surface area contributed by atoms with E-state index in [2.05, 4.69) is 21.2 Å². The van der Waals surface area contributed by atoms with Crippen LogP contribution in [0.1, 0.15) is 33.6 Å². The lowest BCUT2D eigenvalue weighted by molar-refractivity contribution is -0.130. The highest BCUT2D eigenvalue weighted by atomic mass is 79.9. The summed E-state index contributed by atoms with van der Waals surface area (Å²) in [4.78, 5) is 39.4. The minimum atomic E-state index is -0.290. The third kappa shape index (κ3) is 3.97. The molecule has 0 spiro atoms. The SMILES string of the molecule is CNCCN(C)C(=O)CCCN1C(=O)c2ccc(Br)cc2C1=O. The Labute approximate surface area is 143 Å². The molecule has 0 radical (unpaired) electrons. The molecule has 0 bridgehead atoms. The van der Waals surface area contributed by atoms with Crippen molar-refractivity contribution >= 4 is 33.7 Å². The van der Waals surface area contributed by atoms with E-state index in [4.69, 9.17) is 0 Å². The molecule has 0 aromatic heterocycles. The largest absolute Gasteiger partial charge is 0.344 e. The number of amides is 3. The van der Waals surface area contributed by atoms with Crippen molar-refractivity contribution in [2.24, 2.45) is 0 Å². The second-order valence-electron chi connectivity index (χ2n) is 5.47. The number of carbonyl (C=O) groups is 3. The van der Waals surface area contributed by atoms with Crippen LogP contribution < -0.4 is 5.32 Å². The van der Waals surface area contributed by atoms with Crippen LogP contribution in [0.2, 0.25) is 0 Å². The molecule has 2 rings (SSSR count). The molecule has 1 heterocycles. The number of fused-ring (bicyclic) bond motifs is 1. The number of halogens is 1. The van der Waals surface area contributed by atoms with Crippen molar-refractivity contribution in [1.29, 1.82) is 0 Å². The molecule has 0 unspecified atom stereocenters. The molecule has 1 N–H and O–H groups in total. The predicted octanol–water partition coefficient (Wildman–Crippen LogP) is 1.50. The minimum absolute atomic E-state index is 0.0135. The Morgan fingerprint density at radius 2 is 1.96 bits per heavy atom. The van der Waals surface area contributed by atoms with Crippen LogP contribution in [0.4, 0.5) is 0 Å². The predicted molar refractivity (Wildman–Crippen MR) is 90.3 cm³/mol.